The minimum atomic E-state index is -4.25. The molecule has 0 unspecified atom stereocenters. The number of rotatable bonds is 9. The summed E-state index contributed by atoms with van der Waals surface area (Å²) in [4.78, 5) is 27.5. The molecule has 37 heavy (non-hydrogen) atoms. The third-order valence-electron chi connectivity index (χ3n) is 5.72. The molecule has 0 aliphatic heterocycles. The molecule has 3 aromatic carbocycles. The SMILES string of the molecule is CNC(=O)[C@H](C)N(Cc1cccc(Cl)c1)C(=O)CN(c1cc(Cl)ccc1Cl)S(=O)(=O)c1ccc(C)cc1. The van der Waals surface area contributed by atoms with Gasteiger partial charge < -0.3 is 10.2 Å². The molecule has 1 atom stereocenters. The fourth-order valence-electron chi connectivity index (χ4n) is 3.65. The van der Waals surface area contributed by atoms with E-state index in [1.165, 1.54) is 42.3 Å². The van der Waals surface area contributed by atoms with Gasteiger partial charge in [0.05, 0.1) is 15.6 Å². The van der Waals surface area contributed by atoms with E-state index in [0.29, 0.717) is 10.6 Å². The molecule has 0 radical (unpaired) electrons. The third kappa shape index (κ3) is 6.96. The Morgan fingerprint density at radius 3 is 2.22 bits per heavy atom. The summed E-state index contributed by atoms with van der Waals surface area (Å²) in [6.45, 7) is 2.79. The molecule has 0 heterocycles. The molecule has 0 aliphatic carbocycles. The van der Waals surface area contributed by atoms with Crippen molar-refractivity contribution in [2.45, 2.75) is 31.3 Å². The first-order chi connectivity index (χ1) is 17.4. The van der Waals surface area contributed by atoms with Gasteiger partial charge in [-0.2, -0.15) is 0 Å². The molecule has 7 nitrogen and oxygen atoms in total. The Morgan fingerprint density at radius 2 is 1.59 bits per heavy atom. The van der Waals surface area contributed by atoms with Gasteiger partial charge in [-0.15, -0.1) is 0 Å². The highest BCUT2D eigenvalue weighted by Gasteiger charge is 2.33. The van der Waals surface area contributed by atoms with Crippen LogP contribution in [-0.2, 0) is 26.2 Å². The van der Waals surface area contributed by atoms with Gasteiger partial charge in [0.25, 0.3) is 10.0 Å². The summed E-state index contributed by atoms with van der Waals surface area (Å²) in [5.74, 6) is -1.04. The Bertz CT molecular complexity index is 1400. The van der Waals surface area contributed by atoms with Crippen LogP contribution in [0.5, 0.6) is 0 Å². The topological polar surface area (TPSA) is 86.8 Å². The van der Waals surface area contributed by atoms with Crippen LogP contribution in [0.4, 0.5) is 5.69 Å². The molecule has 0 aromatic heterocycles. The summed E-state index contributed by atoms with van der Waals surface area (Å²) in [6.07, 6.45) is 0. The van der Waals surface area contributed by atoms with Gasteiger partial charge in [-0.1, -0.05) is 64.6 Å². The molecular weight excluding hydrogens is 557 g/mol. The molecule has 3 aromatic rings. The summed E-state index contributed by atoms with van der Waals surface area (Å²) in [5.41, 5.74) is 1.58. The second-order valence-corrected chi connectivity index (χ2v) is 11.5. The number of likely N-dealkylation sites (N-methyl/N-ethyl adjacent to an activating group) is 1. The summed E-state index contributed by atoms with van der Waals surface area (Å²) >= 11 is 18.7. The number of benzene rings is 3. The van der Waals surface area contributed by atoms with E-state index in [2.05, 4.69) is 5.32 Å². The molecule has 0 bridgehead atoms. The zero-order chi connectivity index (χ0) is 27.3. The minimum absolute atomic E-state index is 0.0235. The number of carbonyl (C=O) groups is 2. The van der Waals surface area contributed by atoms with Gasteiger partial charge in [0.1, 0.15) is 12.6 Å². The van der Waals surface area contributed by atoms with Crippen molar-refractivity contribution >= 4 is 62.3 Å². The Balaban J connectivity index is 2.08. The van der Waals surface area contributed by atoms with Crippen LogP contribution in [0, 0.1) is 6.92 Å². The molecule has 0 saturated heterocycles. The van der Waals surface area contributed by atoms with Crippen molar-refractivity contribution in [3.63, 3.8) is 0 Å². The van der Waals surface area contributed by atoms with E-state index >= 15 is 0 Å². The number of hydrogen-bond acceptors (Lipinski definition) is 4. The standard InChI is InChI=1S/C26H26Cl3N3O4S/c1-17-7-10-22(11-8-17)37(35,36)32(24-14-21(28)9-12-23(24)29)16-25(33)31(18(2)26(34)30-3)15-19-5-4-6-20(27)13-19/h4-14,18H,15-16H2,1-3H3,(H,30,34)/t18-/m0/s1. The lowest BCUT2D eigenvalue weighted by atomic mass is 10.1. The Hall–Kier alpha value is -2.78. The number of aryl methyl sites for hydroxylation is 1. The van der Waals surface area contributed by atoms with E-state index in [-0.39, 0.29) is 27.2 Å². The van der Waals surface area contributed by atoms with Crippen LogP contribution in [0.2, 0.25) is 15.1 Å². The normalized spacial score (nSPS) is 12.1. The van der Waals surface area contributed by atoms with Crippen LogP contribution in [0.15, 0.2) is 71.6 Å². The maximum atomic E-state index is 13.8. The van der Waals surface area contributed by atoms with Crippen molar-refractivity contribution in [1.82, 2.24) is 10.2 Å². The Kier molecular flexibility index (Phi) is 9.47. The third-order valence-corrected chi connectivity index (χ3v) is 8.28. The van der Waals surface area contributed by atoms with Crippen LogP contribution < -0.4 is 9.62 Å². The van der Waals surface area contributed by atoms with Crippen LogP contribution in [0.25, 0.3) is 0 Å². The Morgan fingerprint density at radius 1 is 0.946 bits per heavy atom. The van der Waals surface area contributed by atoms with E-state index in [1.54, 1.807) is 43.3 Å². The van der Waals surface area contributed by atoms with Gasteiger partial charge in [-0.3, -0.25) is 13.9 Å². The van der Waals surface area contributed by atoms with Crippen LogP contribution in [0.1, 0.15) is 18.1 Å². The van der Waals surface area contributed by atoms with E-state index in [4.69, 9.17) is 34.8 Å². The molecule has 11 heteroatoms. The summed E-state index contributed by atoms with van der Waals surface area (Å²) in [6, 6.07) is 16.5. The van der Waals surface area contributed by atoms with Crippen molar-refractivity contribution in [2.24, 2.45) is 0 Å². The van der Waals surface area contributed by atoms with E-state index in [9.17, 15) is 18.0 Å². The monoisotopic (exact) mass is 581 g/mol. The lowest BCUT2D eigenvalue weighted by molar-refractivity contribution is -0.139. The van der Waals surface area contributed by atoms with Crippen molar-refractivity contribution < 1.29 is 18.0 Å². The summed E-state index contributed by atoms with van der Waals surface area (Å²) in [5, 5.41) is 3.33. The van der Waals surface area contributed by atoms with Gasteiger partial charge in [0.2, 0.25) is 11.8 Å². The minimum Gasteiger partial charge on any atom is -0.357 e. The first-order valence-electron chi connectivity index (χ1n) is 11.2. The maximum Gasteiger partial charge on any atom is 0.264 e. The van der Waals surface area contributed by atoms with E-state index < -0.39 is 34.4 Å². The summed E-state index contributed by atoms with van der Waals surface area (Å²) in [7, 11) is -2.79. The average molecular weight is 583 g/mol. The first kappa shape index (κ1) is 28.8. The quantitative estimate of drug-likeness (QED) is 0.370. The molecule has 3 rings (SSSR count). The fourth-order valence-corrected chi connectivity index (χ4v) is 5.73. The fraction of sp³-hybridized carbons (Fsp3) is 0.231. The van der Waals surface area contributed by atoms with E-state index in [0.717, 1.165) is 9.87 Å². The lowest BCUT2D eigenvalue weighted by Gasteiger charge is -2.32. The van der Waals surface area contributed by atoms with Crippen LogP contribution in [0.3, 0.4) is 0 Å². The highest BCUT2D eigenvalue weighted by molar-refractivity contribution is 7.92. The number of anilines is 1. The molecule has 1 N–H and O–H groups in total. The van der Waals surface area contributed by atoms with Crippen molar-refractivity contribution in [1.29, 1.82) is 0 Å². The maximum absolute atomic E-state index is 13.8. The lowest BCUT2D eigenvalue weighted by Crippen LogP contribution is -2.50. The van der Waals surface area contributed by atoms with Gasteiger partial charge in [0, 0.05) is 23.6 Å². The molecule has 2 amide bonds. The van der Waals surface area contributed by atoms with Crippen molar-refractivity contribution in [3.8, 4) is 0 Å². The molecule has 0 spiro atoms. The van der Waals surface area contributed by atoms with Gasteiger partial charge in [-0.25, -0.2) is 8.42 Å². The van der Waals surface area contributed by atoms with Crippen LogP contribution in [-0.4, -0.2) is 44.8 Å². The summed E-state index contributed by atoms with van der Waals surface area (Å²) < 4.78 is 28.5. The predicted octanol–water partition coefficient (Wildman–Crippen LogP) is 5.31. The van der Waals surface area contributed by atoms with Crippen molar-refractivity contribution in [2.75, 3.05) is 17.9 Å². The highest BCUT2D eigenvalue weighted by Crippen LogP contribution is 2.33. The second-order valence-electron chi connectivity index (χ2n) is 8.36. The number of amides is 2. The molecule has 0 saturated carbocycles. The Labute approximate surface area is 232 Å². The molecule has 0 fully saturated rings. The number of halogens is 3. The zero-order valence-corrected chi connectivity index (χ0v) is 23.5. The van der Waals surface area contributed by atoms with Gasteiger partial charge >= 0.3 is 0 Å². The smallest absolute Gasteiger partial charge is 0.264 e. The van der Waals surface area contributed by atoms with Crippen molar-refractivity contribution in [3.05, 3.63) is 92.9 Å². The molecule has 0 aliphatic rings. The number of nitrogens with one attached hydrogen (secondary N) is 1. The second kappa shape index (κ2) is 12.2. The van der Waals surface area contributed by atoms with Gasteiger partial charge in [-0.05, 0) is 61.9 Å². The van der Waals surface area contributed by atoms with Crippen LogP contribution >= 0.6 is 34.8 Å². The average Bonchev–Trinajstić information content (AvgIpc) is 2.86. The highest BCUT2D eigenvalue weighted by atomic mass is 35.5. The van der Waals surface area contributed by atoms with Gasteiger partial charge in [0.15, 0.2) is 0 Å². The first-order valence-corrected chi connectivity index (χ1v) is 13.8. The molecular formula is C26H26Cl3N3O4S. The van der Waals surface area contributed by atoms with E-state index in [1.807, 2.05) is 6.92 Å². The predicted molar refractivity (Wildman–Crippen MR) is 148 cm³/mol. The number of nitrogens with zero attached hydrogens (tertiary/aromatic N) is 2. The largest absolute Gasteiger partial charge is 0.357 e. The number of carbonyl (C=O) groups excluding carboxylic acids is 2. The molecule has 196 valence electrons. The number of sulfonamides is 1. The zero-order valence-electron chi connectivity index (χ0n) is 20.4. The number of hydrogen-bond donors (Lipinski definition) is 1.